The number of carbonyl (C=O) groups is 2. The van der Waals surface area contributed by atoms with Crippen LogP contribution in [-0.2, 0) is 32.2 Å². The van der Waals surface area contributed by atoms with Crippen molar-refractivity contribution < 1.29 is 41.4 Å². The molecule has 1 saturated heterocycles. The molecule has 10 heteroatoms. The Morgan fingerprint density at radius 1 is 0.941 bits per heavy atom. The fraction of sp³-hybridized carbons (Fsp3) is 0.417. The lowest BCUT2D eigenvalue weighted by Gasteiger charge is -2.27. The summed E-state index contributed by atoms with van der Waals surface area (Å²) in [6, 6.07) is 4.84. The Morgan fingerprint density at radius 3 is 2.03 bits per heavy atom. The fourth-order valence-corrected chi connectivity index (χ4v) is 3.39. The van der Waals surface area contributed by atoms with E-state index in [1.54, 1.807) is 20.8 Å². The van der Waals surface area contributed by atoms with Crippen LogP contribution >= 0.6 is 0 Å². The number of ether oxygens (including phenoxy) is 3. The molecular weight excluding hydrogens is 458 g/mol. The molecule has 34 heavy (non-hydrogen) atoms. The maximum absolute atomic E-state index is 13.9. The number of nitrogens with zero attached hydrogens (tertiary/aromatic N) is 1. The first-order chi connectivity index (χ1) is 15.9. The summed E-state index contributed by atoms with van der Waals surface area (Å²) < 4.78 is 70.2. The molecule has 0 N–H and O–H groups in total. The summed E-state index contributed by atoms with van der Waals surface area (Å²) in [5.74, 6) is -3.96. The van der Waals surface area contributed by atoms with Crippen molar-refractivity contribution in [2.75, 3.05) is 6.54 Å². The molecule has 1 amide bonds. The van der Waals surface area contributed by atoms with Gasteiger partial charge >= 0.3 is 12.1 Å². The van der Waals surface area contributed by atoms with Crippen LogP contribution in [0.5, 0.6) is 0 Å². The molecule has 0 aliphatic carbocycles. The summed E-state index contributed by atoms with van der Waals surface area (Å²) in [6.07, 6.45) is -1.43. The molecule has 0 bridgehead atoms. The van der Waals surface area contributed by atoms with Gasteiger partial charge in [0.05, 0.1) is 19.3 Å². The highest BCUT2D eigenvalue weighted by atomic mass is 19.1. The number of halogens is 4. The molecule has 0 aromatic heterocycles. The van der Waals surface area contributed by atoms with Crippen LogP contribution in [0.25, 0.3) is 0 Å². The second-order valence-corrected chi connectivity index (χ2v) is 8.90. The van der Waals surface area contributed by atoms with Gasteiger partial charge in [-0.2, -0.15) is 0 Å². The Kier molecular flexibility index (Phi) is 7.81. The Morgan fingerprint density at radius 2 is 1.50 bits per heavy atom. The number of hydrogen-bond acceptors (Lipinski definition) is 5. The van der Waals surface area contributed by atoms with Crippen LogP contribution in [0.3, 0.4) is 0 Å². The molecule has 3 rings (SSSR count). The third kappa shape index (κ3) is 6.69. The Balaban J connectivity index is 1.69. The summed E-state index contributed by atoms with van der Waals surface area (Å²) in [5, 5.41) is 0. The topological polar surface area (TPSA) is 65.1 Å². The summed E-state index contributed by atoms with van der Waals surface area (Å²) in [6.45, 7) is 4.28. The Bertz CT molecular complexity index is 1060. The number of amides is 1. The van der Waals surface area contributed by atoms with E-state index in [2.05, 4.69) is 0 Å². The predicted octanol–water partition coefficient (Wildman–Crippen LogP) is 4.88. The van der Waals surface area contributed by atoms with E-state index in [-0.39, 0.29) is 30.7 Å². The Labute approximate surface area is 194 Å². The number of esters is 1. The van der Waals surface area contributed by atoms with Gasteiger partial charge in [0.15, 0.2) is 0 Å². The average Bonchev–Trinajstić information content (AvgIpc) is 3.16. The molecule has 1 fully saturated rings. The highest BCUT2D eigenvalue weighted by molar-refractivity contribution is 5.82. The van der Waals surface area contributed by atoms with Gasteiger partial charge in [0.1, 0.15) is 41.5 Å². The van der Waals surface area contributed by atoms with Crippen molar-refractivity contribution in [3.8, 4) is 0 Å². The van der Waals surface area contributed by atoms with E-state index in [4.69, 9.17) is 14.2 Å². The van der Waals surface area contributed by atoms with E-state index >= 15 is 0 Å². The molecule has 2 aromatic rings. The minimum Gasteiger partial charge on any atom is -0.459 e. The predicted molar refractivity (Wildman–Crippen MR) is 112 cm³/mol. The molecule has 0 unspecified atom stereocenters. The first-order valence-electron chi connectivity index (χ1n) is 10.6. The molecule has 0 spiro atoms. The van der Waals surface area contributed by atoms with Crippen molar-refractivity contribution in [3.63, 3.8) is 0 Å². The van der Waals surface area contributed by atoms with Crippen LogP contribution in [0, 0.1) is 23.3 Å². The minimum atomic E-state index is -1.10. The van der Waals surface area contributed by atoms with Gasteiger partial charge in [-0.3, -0.25) is 4.90 Å². The van der Waals surface area contributed by atoms with Gasteiger partial charge in [-0.15, -0.1) is 0 Å². The summed E-state index contributed by atoms with van der Waals surface area (Å²) in [4.78, 5) is 26.6. The molecule has 1 heterocycles. The van der Waals surface area contributed by atoms with Crippen molar-refractivity contribution >= 4 is 12.1 Å². The van der Waals surface area contributed by atoms with E-state index in [0.717, 1.165) is 29.2 Å². The van der Waals surface area contributed by atoms with Crippen molar-refractivity contribution in [1.29, 1.82) is 0 Å². The van der Waals surface area contributed by atoms with Gasteiger partial charge < -0.3 is 14.2 Å². The van der Waals surface area contributed by atoms with Crippen molar-refractivity contribution in [3.05, 3.63) is 70.8 Å². The van der Waals surface area contributed by atoms with Gasteiger partial charge in [0.2, 0.25) is 0 Å². The SMILES string of the molecule is CC(C)(C)OC(=O)N1C[C@H](OCc2ccc(F)cc2F)C[C@H]1C(=O)OCc1ccc(F)cc1F. The van der Waals surface area contributed by atoms with Gasteiger partial charge in [0, 0.05) is 29.7 Å². The minimum absolute atomic E-state index is 0.0206. The second-order valence-electron chi connectivity index (χ2n) is 8.90. The normalized spacial score (nSPS) is 18.1. The zero-order chi connectivity index (χ0) is 25.0. The molecular formula is C24H25F4NO5. The molecule has 2 atom stereocenters. The molecule has 6 nitrogen and oxygen atoms in total. The zero-order valence-electron chi connectivity index (χ0n) is 18.9. The average molecular weight is 483 g/mol. The van der Waals surface area contributed by atoms with Crippen molar-refractivity contribution in [2.45, 2.75) is 58.2 Å². The smallest absolute Gasteiger partial charge is 0.411 e. The van der Waals surface area contributed by atoms with Gasteiger partial charge in [-0.05, 0) is 39.0 Å². The largest absolute Gasteiger partial charge is 0.459 e. The number of likely N-dealkylation sites (tertiary alicyclic amines) is 1. The van der Waals surface area contributed by atoms with Crippen molar-refractivity contribution in [2.24, 2.45) is 0 Å². The number of carbonyl (C=O) groups excluding carboxylic acids is 2. The summed E-state index contributed by atoms with van der Waals surface area (Å²) in [7, 11) is 0. The highest BCUT2D eigenvalue weighted by Gasteiger charge is 2.43. The summed E-state index contributed by atoms with van der Waals surface area (Å²) in [5.41, 5.74) is -0.752. The lowest BCUT2D eigenvalue weighted by molar-refractivity contribution is -0.150. The standard InChI is InChI=1S/C24H25F4NO5/c1-24(2,3)34-23(31)29-11-18(32-12-14-4-6-16(25)8-19(14)27)10-21(29)22(30)33-13-15-5-7-17(26)9-20(15)28/h4-9,18,21H,10-13H2,1-3H3/t18-,21+/m1/s1. The quantitative estimate of drug-likeness (QED) is 0.433. The maximum atomic E-state index is 13.9. The van der Waals surface area contributed by atoms with Crippen molar-refractivity contribution in [1.82, 2.24) is 4.90 Å². The highest BCUT2D eigenvalue weighted by Crippen LogP contribution is 2.26. The van der Waals surface area contributed by atoms with Gasteiger partial charge in [-0.25, -0.2) is 27.2 Å². The molecule has 0 saturated carbocycles. The van der Waals surface area contributed by atoms with E-state index in [9.17, 15) is 27.2 Å². The molecule has 0 radical (unpaired) electrons. The van der Waals surface area contributed by atoms with Crippen LogP contribution in [0.4, 0.5) is 22.4 Å². The zero-order valence-corrected chi connectivity index (χ0v) is 18.9. The fourth-order valence-electron chi connectivity index (χ4n) is 3.39. The van der Waals surface area contributed by atoms with Gasteiger partial charge in [0.25, 0.3) is 0 Å². The van der Waals surface area contributed by atoms with E-state index < -0.39 is 59.7 Å². The van der Waals surface area contributed by atoms with E-state index in [0.29, 0.717) is 6.07 Å². The maximum Gasteiger partial charge on any atom is 0.411 e. The van der Waals surface area contributed by atoms with Crippen LogP contribution in [-0.4, -0.2) is 41.3 Å². The Hall–Kier alpha value is -3.14. The van der Waals surface area contributed by atoms with Crippen LogP contribution < -0.4 is 0 Å². The second kappa shape index (κ2) is 10.4. The first kappa shape index (κ1) is 25.5. The molecule has 184 valence electrons. The lowest BCUT2D eigenvalue weighted by atomic mass is 10.2. The summed E-state index contributed by atoms with van der Waals surface area (Å²) >= 11 is 0. The van der Waals surface area contributed by atoms with Crippen LogP contribution in [0.1, 0.15) is 38.3 Å². The molecule has 1 aliphatic heterocycles. The van der Waals surface area contributed by atoms with Crippen LogP contribution in [0.2, 0.25) is 0 Å². The van der Waals surface area contributed by atoms with Crippen LogP contribution in [0.15, 0.2) is 36.4 Å². The lowest BCUT2D eigenvalue weighted by Crippen LogP contribution is -2.44. The number of rotatable bonds is 6. The van der Waals surface area contributed by atoms with E-state index in [1.165, 1.54) is 6.07 Å². The first-order valence-corrected chi connectivity index (χ1v) is 10.6. The van der Waals surface area contributed by atoms with E-state index in [1.807, 2.05) is 0 Å². The monoisotopic (exact) mass is 483 g/mol. The third-order valence-electron chi connectivity index (χ3n) is 5.04. The van der Waals surface area contributed by atoms with Gasteiger partial charge in [-0.1, -0.05) is 6.07 Å². The third-order valence-corrected chi connectivity index (χ3v) is 5.04. The molecule has 2 aromatic carbocycles. The number of hydrogen-bond donors (Lipinski definition) is 0. The molecule has 1 aliphatic rings. The number of benzene rings is 2.